The van der Waals surface area contributed by atoms with Gasteiger partial charge in [-0.3, -0.25) is 4.79 Å². The van der Waals surface area contributed by atoms with E-state index in [2.05, 4.69) is 5.32 Å². The van der Waals surface area contributed by atoms with Gasteiger partial charge >= 0.3 is 5.97 Å². The third kappa shape index (κ3) is 4.19. The highest BCUT2D eigenvalue weighted by Crippen LogP contribution is 2.22. The van der Waals surface area contributed by atoms with Crippen molar-refractivity contribution in [3.8, 4) is 0 Å². The van der Waals surface area contributed by atoms with Crippen molar-refractivity contribution >= 4 is 11.9 Å². The number of carbonyl (C=O) groups is 2. The van der Waals surface area contributed by atoms with E-state index in [0.29, 0.717) is 13.0 Å². The fraction of sp³-hybridized carbons (Fsp3) is 0.263. The van der Waals surface area contributed by atoms with Crippen molar-refractivity contribution in [3.63, 3.8) is 0 Å². The van der Waals surface area contributed by atoms with Crippen molar-refractivity contribution in [2.45, 2.75) is 25.7 Å². The summed E-state index contributed by atoms with van der Waals surface area (Å²) in [6.07, 6.45) is 0.663. The Hall–Kier alpha value is -2.62. The largest absolute Gasteiger partial charge is 0.478 e. The molecule has 0 saturated carbocycles. The number of hydrogen-bond donors (Lipinski definition) is 2. The maximum absolute atomic E-state index is 12.4. The predicted octanol–water partition coefficient (Wildman–Crippen LogP) is 3.02. The van der Waals surface area contributed by atoms with Crippen molar-refractivity contribution in [2.24, 2.45) is 0 Å². The number of carboxylic acids is 1. The Morgan fingerprint density at radius 3 is 2.17 bits per heavy atom. The van der Waals surface area contributed by atoms with E-state index in [4.69, 9.17) is 5.11 Å². The molecular formula is C19H21NO3. The van der Waals surface area contributed by atoms with Crippen LogP contribution in [-0.2, 0) is 16.6 Å². The molecule has 1 amide bonds. The van der Waals surface area contributed by atoms with Gasteiger partial charge in [0.05, 0.1) is 11.0 Å². The summed E-state index contributed by atoms with van der Waals surface area (Å²) >= 11 is 0. The highest BCUT2D eigenvalue weighted by molar-refractivity contribution is 5.88. The Balaban J connectivity index is 1.90. The van der Waals surface area contributed by atoms with Gasteiger partial charge in [-0.25, -0.2) is 4.79 Å². The Kier molecular flexibility index (Phi) is 5.16. The summed E-state index contributed by atoms with van der Waals surface area (Å²) in [4.78, 5) is 23.2. The van der Waals surface area contributed by atoms with Crippen molar-refractivity contribution in [1.82, 2.24) is 5.32 Å². The average Bonchev–Trinajstić information content (AvgIpc) is 2.56. The molecule has 0 spiro atoms. The first-order valence-corrected chi connectivity index (χ1v) is 7.57. The van der Waals surface area contributed by atoms with Crippen molar-refractivity contribution in [3.05, 3.63) is 71.3 Å². The van der Waals surface area contributed by atoms with Crippen molar-refractivity contribution in [1.29, 1.82) is 0 Å². The minimum Gasteiger partial charge on any atom is -0.478 e. The molecule has 4 heteroatoms. The molecule has 0 bridgehead atoms. The zero-order chi connectivity index (χ0) is 16.9. The second-order valence-electron chi connectivity index (χ2n) is 6.00. The zero-order valence-corrected chi connectivity index (χ0v) is 13.4. The van der Waals surface area contributed by atoms with Crippen LogP contribution in [0, 0.1) is 0 Å². The molecule has 0 aromatic heterocycles. The zero-order valence-electron chi connectivity index (χ0n) is 13.4. The second-order valence-corrected chi connectivity index (χ2v) is 6.00. The molecule has 2 aromatic carbocycles. The SMILES string of the molecule is CC(C)(C(=O)NCCc1ccc(C(=O)O)cc1)c1ccccc1. The van der Waals surface area contributed by atoms with E-state index in [-0.39, 0.29) is 11.5 Å². The normalized spacial score (nSPS) is 11.0. The molecule has 0 saturated heterocycles. The number of benzene rings is 2. The molecule has 0 unspecified atom stereocenters. The molecule has 23 heavy (non-hydrogen) atoms. The van der Waals surface area contributed by atoms with Crippen molar-refractivity contribution < 1.29 is 14.7 Å². The summed E-state index contributed by atoms with van der Waals surface area (Å²) in [5.41, 5.74) is 1.65. The monoisotopic (exact) mass is 311 g/mol. The number of aromatic carboxylic acids is 1. The van der Waals surface area contributed by atoms with Gasteiger partial charge in [0.25, 0.3) is 0 Å². The van der Waals surface area contributed by atoms with Gasteiger partial charge in [0.15, 0.2) is 0 Å². The molecule has 0 radical (unpaired) electrons. The minimum absolute atomic E-state index is 0.0224. The number of rotatable bonds is 6. The van der Waals surface area contributed by atoms with E-state index in [1.54, 1.807) is 24.3 Å². The summed E-state index contributed by atoms with van der Waals surface area (Å²) in [5.74, 6) is -0.958. The standard InChI is InChI=1S/C19H21NO3/c1-19(2,16-6-4-3-5-7-16)18(23)20-13-12-14-8-10-15(11-9-14)17(21)22/h3-11H,12-13H2,1-2H3,(H,20,23)(H,21,22). The van der Waals surface area contributed by atoms with Crippen LogP contribution in [0.3, 0.4) is 0 Å². The fourth-order valence-corrected chi connectivity index (χ4v) is 2.34. The van der Waals surface area contributed by atoms with Crippen LogP contribution in [0.1, 0.15) is 35.3 Å². The van der Waals surface area contributed by atoms with E-state index in [1.807, 2.05) is 44.2 Å². The van der Waals surface area contributed by atoms with Crippen molar-refractivity contribution in [2.75, 3.05) is 6.54 Å². The number of carbonyl (C=O) groups excluding carboxylic acids is 1. The van der Waals surface area contributed by atoms with Crippen LogP contribution in [0.4, 0.5) is 0 Å². The minimum atomic E-state index is -0.936. The van der Waals surface area contributed by atoms with Gasteiger partial charge in [-0.1, -0.05) is 42.5 Å². The van der Waals surface area contributed by atoms with E-state index in [0.717, 1.165) is 11.1 Å². The predicted molar refractivity (Wildman–Crippen MR) is 89.6 cm³/mol. The van der Waals surface area contributed by atoms with E-state index in [9.17, 15) is 9.59 Å². The third-order valence-corrected chi connectivity index (χ3v) is 3.96. The lowest BCUT2D eigenvalue weighted by atomic mass is 9.84. The summed E-state index contributed by atoms with van der Waals surface area (Å²) in [6, 6.07) is 16.4. The van der Waals surface area contributed by atoms with Gasteiger partial charge in [0, 0.05) is 6.54 Å². The van der Waals surface area contributed by atoms with Gasteiger partial charge in [-0.2, -0.15) is 0 Å². The third-order valence-electron chi connectivity index (χ3n) is 3.96. The molecule has 2 aromatic rings. The molecule has 0 aliphatic carbocycles. The molecule has 120 valence electrons. The Labute approximate surface area is 136 Å². The molecular weight excluding hydrogens is 290 g/mol. The van der Waals surface area contributed by atoms with Gasteiger partial charge in [-0.05, 0) is 43.5 Å². The van der Waals surface area contributed by atoms with Crippen LogP contribution in [0.5, 0.6) is 0 Å². The number of hydrogen-bond acceptors (Lipinski definition) is 2. The van der Waals surface area contributed by atoms with Crippen LogP contribution in [-0.4, -0.2) is 23.5 Å². The Morgan fingerprint density at radius 2 is 1.61 bits per heavy atom. The van der Waals surface area contributed by atoms with Gasteiger partial charge in [0.1, 0.15) is 0 Å². The number of carboxylic acid groups (broad SMARTS) is 1. The van der Waals surface area contributed by atoms with E-state index < -0.39 is 11.4 Å². The second kappa shape index (κ2) is 7.09. The van der Waals surface area contributed by atoms with Crippen LogP contribution in [0.2, 0.25) is 0 Å². The molecule has 2 N–H and O–H groups in total. The highest BCUT2D eigenvalue weighted by Gasteiger charge is 2.28. The first-order valence-electron chi connectivity index (χ1n) is 7.57. The number of nitrogens with one attached hydrogen (secondary N) is 1. The maximum atomic E-state index is 12.4. The first kappa shape index (κ1) is 16.7. The lowest BCUT2D eigenvalue weighted by Gasteiger charge is -2.24. The molecule has 0 heterocycles. The van der Waals surface area contributed by atoms with Crippen LogP contribution < -0.4 is 5.32 Å². The fourth-order valence-electron chi connectivity index (χ4n) is 2.34. The van der Waals surface area contributed by atoms with E-state index in [1.165, 1.54) is 0 Å². The lowest BCUT2D eigenvalue weighted by Crippen LogP contribution is -2.40. The van der Waals surface area contributed by atoms with Gasteiger partial charge in [0.2, 0.25) is 5.91 Å². The first-order chi connectivity index (χ1) is 10.9. The van der Waals surface area contributed by atoms with Crippen LogP contribution in [0.25, 0.3) is 0 Å². The van der Waals surface area contributed by atoms with Gasteiger partial charge < -0.3 is 10.4 Å². The molecule has 0 atom stereocenters. The summed E-state index contributed by atoms with van der Waals surface area (Å²) < 4.78 is 0. The molecule has 0 fully saturated rings. The molecule has 0 aliphatic rings. The summed E-state index contributed by atoms with van der Waals surface area (Å²) in [5, 5.41) is 11.8. The van der Waals surface area contributed by atoms with Crippen LogP contribution in [0.15, 0.2) is 54.6 Å². The highest BCUT2D eigenvalue weighted by atomic mass is 16.4. The number of amides is 1. The summed E-state index contributed by atoms with van der Waals surface area (Å²) in [6.45, 7) is 4.32. The molecule has 4 nitrogen and oxygen atoms in total. The molecule has 2 rings (SSSR count). The smallest absolute Gasteiger partial charge is 0.335 e. The average molecular weight is 311 g/mol. The quantitative estimate of drug-likeness (QED) is 0.862. The maximum Gasteiger partial charge on any atom is 0.335 e. The van der Waals surface area contributed by atoms with Gasteiger partial charge in [-0.15, -0.1) is 0 Å². The van der Waals surface area contributed by atoms with E-state index >= 15 is 0 Å². The molecule has 0 aliphatic heterocycles. The summed E-state index contributed by atoms with van der Waals surface area (Å²) in [7, 11) is 0. The lowest BCUT2D eigenvalue weighted by molar-refractivity contribution is -0.125. The Morgan fingerprint density at radius 1 is 1.00 bits per heavy atom. The van der Waals surface area contributed by atoms with Crippen LogP contribution >= 0.6 is 0 Å². The topological polar surface area (TPSA) is 66.4 Å². The Bertz CT molecular complexity index is 676.